The van der Waals surface area contributed by atoms with E-state index >= 15 is 0 Å². The number of halogens is 2. The highest BCUT2D eigenvalue weighted by atomic mass is 35.5. The number of hydrogen-bond donors (Lipinski definition) is 4. The maximum Gasteiger partial charge on any atom is 0.280 e. The molecule has 22 heavy (non-hydrogen) atoms. The van der Waals surface area contributed by atoms with Gasteiger partial charge in [0.05, 0.1) is 0 Å². The monoisotopic (exact) mass is 349 g/mol. The summed E-state index contributed by atoms with van der Waals surface area (Å²) < 4.78 is 0. The standard InChI is InChI=1S/C12H20ClN7O.ClH/c1-2-3-4-5-6-17-12(16)20-11(21)7-9(14)19-10(15)8(13)18-7;/h2-6H2,1H3,(H4,14,15,19)(H3,16,17,20,21);1H. The number of carbonyl (C=O) groups excluding carboxylic acids is 1. The largest absolute Gasteiger partial charge is 0.382 e. The average molecular weight is 350 g/mol. The van der Waals surface area contributed by atoms with Crippen molar-refractivity contribution in [3.63, 3.8) is 0 Å². The highest BCUT2D eigenvalue weighted by Crippen LogP contribution is 2.17. The Hall–Kier alpha value is -1.80. The highest BCUT2D eigenvalue weighted by molar-refractivity contribution is 6.31. The van der Waals surface area contributed by atoms with Crippen molar-refractivity contribution in [3.05, 3.63) is 10.8 Å². The molecule has 0 aromatic carbocycles. The van der Waals surface area contributed by atoms with Crippen molar-refractivity contribution in [1.82, 2.24) is 15.3 Å². The number of carbonyl (C=O) groups is 1. The van der Waals surface area contributed by atoms with Gasteiger partial charge in [0.2, 0.25) is 0 Å². The maximum absolute atomic E-state index is 11.9. The first-order valence-corrected chi connectivity index (χ1v) is 7.03. The van der Waals surface area contributed by atoms with Gasteiger partial charge in [0, 0.05) is 6.54 Å². The summed E-state index contributed by atoms with van der Waals surface area (Å²) in [4.78, 5) is 23.5. The molecule has 0 fully saturated rings. The van der Waals surface area contributed by atoms with Crippen molar-refractivity contribution >= 4 is 47.5 Å². The van der Waals surface area contributed by atoms with E-state index in [1.807, 2.05) is 0 Å². The van der Waals surface area contributed by atoms with E-state index in [-0.39, 0.29) is 40.8 Å². The van der Waals surface area contributed by atoms with Crippen LogP contribution in [0.2, 0.25) is 5.15 Å². The van der Waals surface area contributed by atoms with Gasteiger partial charge in [-0.05, 0) is 6.42 Å². The number of aliphatic imine (C=N–C) groups is 1. The quantitative estimate of drug-likeness (QED) is 0.346. The van der Waals surface area contributed by atoms with Crippen LogP contribution < -0.4 is 22.5 Å². The van der Waals surface area contributed by atoms with Crippen LogP contribution in [0.4, 0.5) is 11.6 Å². The third kappa shape index (κ3) is 6.31. The number of hydrogen-bond acceptors (Lipinski definition) is 6. The molecule has 0 aliphatic carbocycles. The molecule has 0 aliphatic heterocycles. The molecule has 0 spiro atoms. The lowest BCUT2D eigenvalue weighted by atomic mass is 10.2. The number of guanidine groups is 1. The van der Waals surface area contributed by atoms with Crippen molar-refractivity contribution in [2.24, 2.45) is 10.7 Å². The molecule has 0 radical (unpaired) electrons. The minimum absolute atomic E-state index is 0. The van der Waals surface area contributed by atoms with Gasteiger partial charge in [-0.1, -0.05) is 37.8 Å². The first-order valence-electron chi connectivity index (χ1n) is 6.65. The second-order valence-corrected chi connectivity index (χ2v) is 4.77. The van der Waals surface area contributed by atoms with Crippen LogP contribution in [0.25, 0.3) is 0 Å². The summed E-state index contributed by atoms with van der Waals surface area (Å²) in [5.41, 5.74) is 16.5. The summed E-state index contributed by atoms with van der Waals surface area (Å²) in [6.07, 6.45) is 4.29. The predicted molar refractivity (Wildman–Crippen MR) is 91.2 cm³/mol. The third-order valence-electron chi connectivity index (χ3n) is 2.66. The third-order valence-corrected chi connectivity index (χ3v) is 2.93. The van der Waals surface area contributed by atoms with Crippen LogP contribution in [-0.2, 0) is 0 Å². The van der Waals surface area contributed by atoms with Crippen LogP contribution >= 0.6 is 24.0 Å². The maximum atomic E-state index is 11.9. The van der Waals surface area contributed by atoms with Crippen LogP contribution in [0.15, 0.2) is 4.99 Å². The SMILES string of the molecule is CCCCCCN=C(N)NC(=O)c1nc(Cl)c(N)nc1N.Cl. The molecule has 10 heteroatoms. The van der Waals surface area contributed by atoms with Gasteiger partial charge in [0.25, 0.3) is 5.91 Å². The summed E-state index contributed by atoms with van der Waals surface area (Å²) in [6.45, 7) is 2.68. The first-order chi connectivity index (χ1) is 9.95. The molecule has 1 amide bonds. The summed E-state index contributed by atoms with van der Waals surface area (Å²) in [6, 6.07) is 0. The number of nitrogens with two attached hydrogens (primary N) is 3. The van der Waals surface area contributed by atoms with E-state index in [0.29, 0.717) is 6.54 Å². The Bertz CT molecular complexity index is 536. The Labute approximate surface area is 140 Å². The lowest BCUT2D eigenvalue weighted by molar-refractivity contribution is 0.0972. The van der Waals surface area contributed by atoms with Crippen molar-refractivity contribution in [2.75, 3.05) is 18.0 Å². The van der Waals surface area contributed by atoms with Gasteiger partial charge in [-0.3, -0.25) is 15.1 Å². The Kier molecular flexibility index (Phi) is 9.20. The van der Waals surface area contributed by atoms with Crippen molar-refractivity contribution in [1.29, 1.82) is 0 Å². The second kappa shape index (κ2) is 10.0. The summed E-state index contributed by atoms with van der Waals surface area (Å²) >= 11 is 5.70. The van der Waals surface area contributed by atoms with E-state index < -0.39 is 5.91 Å². The van der Waals surface area contributed by atoms with E-state index in [4.69, 9.17) is 28.8 Å². The molecule has 124 valence electrons. The molecule has 0 aliphatic rings. The minimum atomic E-state index is -0.628. The highest BCUT2D eigenvalue weighted by Gasteiger charge is 2.16. The lowest BCUT2D eigenvalue weighted by Crippen LogP contribution is -2.38. The molecule has 0 saturated heterocycles. The van der Waals surface area contributed by atoms with Gasteiger partial charge in [-0.25, -0.2) is 9.97 Å². The number of aromatic nitrogens is 2. The Morgan fingerprint density at radius 2 is 1.91 bits per heavy atom. The molecule has 0 atom stereocenters. The summed E-state index contributed by atoms with van der Waals surface area (Å²) in [7, 11) is 0. The van der Waals surface area contributed by atoms with Crippen LogP contribution in [0.1, 0.15) is 43.1 Å². The van der Waals surface area contributed by atoms with Gasteiger partial charge >= 0.3 is 0 Å². The van der Waals surface area contributed by atoms with Crippen molar-refractivity contribution in [3.8, 4) is 0 Å². The molecule has 1 heterocycles. The van der Waals surface area contributed by atoms with Gasteiger partial charge in [0.15, 0.2) is 28.4 Å². The number of unbranched alkanes of at least 4 members (excludes halogenated alkanes) is 3. The zero-order valence-corrected chi connectivity index (χ0v) is 13.9. The van der Waals surface area contributed by atoms with E-state index in [2.05, 4.69) is 27.2 Å². The number of anilines is 2. The molecule has 1 aromatic rings. The normalized spacial score (nSPS) is 10.9. The van der Waals surface area contributed by atoms with Crippen LogP contribution in [0.3, 0.4) is 0 Å². The predicted octanol–water partition coefficient (Wildman–Crippen LogP) is 1.34. The van der Waals surface area contributed by atoms with E-state index in [9.17, 15) is 4.79 Å². The fourth-order valence-corrected chi connectivity index (χ4v) is 1.69. The van der Waals surface area contributed by atoms with Crippen molar-refractivity contribution in [2.45, 2.75) is 32.6 Å². The van der Waals surface area contributed by atoms with Gasteiger partial charge in [-0.2, -0.15) is 0 Å². The van der Waals surface area contributed by atoms with Gasteiger partial charge < -0.3 is 17.2 Å². The van der Waals surface area contributed by atoms with Gasteiger partial charge in [0.1, 0.15) is 0 Å². The fraction of sp³-hybridized carbons (Fsp3) is 0.500. The molecular weight excluding hydrogens is 329 g/mol. The molecule has 1 rings (SSSR count). The number of nitrogens with one attached hydrogen (secondary N) is 1. The number of amides is 1. The number of rotatable bonds is 6. The Morgan fingerprint density at radius 1 is 1.23 bits per heavy atom. The van der Waals surface area contributed by atoms with E-state index in [1.54, 1.807) is 0 Å². The zero-order valence-electron chi connectivity index (χ0n) is 12.3. The Morgan fingerprint density at radius 3 is 2.55 bits per heavy atom. The zero-order chi connectivity index (χ0) is 15.8. The molecule has 0 unspecified atom stereocenters. The smallest absolute Gasteiger partial charge is 0.280 e. The van der Waals surface area contributed by atoms with E-state index in [0.717, 1.165) is 25.7 Å². The van der Waals surface area contributed by atoms with E-state index in [1.165, 1.54) is 0 Å². The first kappa shape index (κ1) is 20.2. The van der Waals surface area contributed by atoms with Gasteiger partial charge in [-0.15, -0.1) is 12.4 Å². The second-order valence-electron chi connectivity index (χ2n) is 4.42. The minimum Gasteiger partial charge on any atom is -0.382 e. The van der Waals surface area contributed by atoms with Crippen LogP contribution in [-0.4, -0.2) is 28.4 Å². The molecule has 7 N–H and O–H groups in total. The average Bonchev–Trinajstić information content (AvgIpc) is 2.42. The molecule has 8 nitrogen and oxygen atoms in total. The fourth-order valence-electron chi connectivity index (χ4n) is 1.56. The van der Waals surface area contributed by atoms with Crippen LogP contribution in [0, 0.1) is 0 Å². The molecule has 0 saturated carbocycles. The van der Waals surface area contributed by atoms with Crippen molar-refractivity contribution < 1.29 is 4.79 Å². The molecular formula is C12H21Cl2N7O. The topological polar surface area (TPSA) is 145 Å². The molecule has 0 bridgehead atoms. The lowest BCUT2D eigenvalue weighted by Gasteiger charge is -2.07. The number of nitrogen functional groups attached to an aromatic ring is 2. The molecule has 1 aromatic heterocycles. The number of nitrogens with zero attached hydrogens (tertiary/aromatic N) is 3. The Balaban J connectivity index is 0.00000441. The summed E-state index contributed by atoms with van der Waals surface area (Å²) in [5.74, 6) is -0.782. The summed E-state index contributed by atoms with van der Waals surface area (Å²) in [5, 5.41) is 2.29. The van der Waals surface area contributed by atoms with Crippen LogP contribution in [0.5, 0.6) is 0 Å².